The molecule has 1 aromatic heterocycles. The van der Waals surface area contributed by atoms with Gasteiger partial charge in [0.25, 0.3) is 5.91 Å². The Bertz CT molecular complexity index is 703. The Morgan fingerprint density at radius 2 is 2.19 bits per heavy atom. The molecule has 0 radical (unpaired) electrons. The summed E-state index contributed by atoms with van der Waals surface area (Å²) in [7, 11) is 3.30. The number of methoxy groups -OCH3 is 1. The summed E-state index contributed by atoms with van der Waals surface area (Å²) >= 11 is 3.32. The van der Waals surface area contributed by atoms with Crippen LogP contribution in [0.4, 0.5) is 0 Å². The molecule has 1 heterocycles. The molecule has 6 heteroatoms. The summed E-state index contributed by atoms with van der Waals surface area (Å²) in [5.74, 6) is 0.248. The standard InChI is InChI=1S/C15H14BrN3O2/c1-19-9-10(16)7-13(19)15(20)18-12(8-17)11-5-3-4-6-14(11)21-2/h3-7,9,12H,1-2H3,(H,18,20). The van der Waals surface area contributed by atoms with Crippen molar-refractivity contribution in [3.8, 4) is 11.8 Å². The molecule has 1 N–H and O–H groups in total. The minimum Gasteiger partial charge on any atom is -0.496 e. The highest BCUT2D eigenvalue weighted by atomic mass is 79.9. The van der Waals surface area contributed by atoms with Crippen LogP contribution < -0.4 is 10.1 Å². The monoisotopic (exact) mass is 347 g/mol. The third-order valence-electron chi connectivity index (χ3n) is 3.06. The summed E-state index contributed by atoms with van der Waals surface area (Å²) in [4.78, 5) is 12.3. The zero-order chi connectivity index (χ0) is 15.4. The lowest BCUT2D eigenvalue weighted by molar-refractivity contribution is 0.0936. The quantitative estimate of drug-likeness (QED) is 0.924. The van der Waals surface area contributed by atoms with Gasteiger partial charge in [0.1, 0.15) is 17.5 Å². The average Bonchev–Trinajstić information content (AvgIpc) is 2.83. The maximum atomic E-state index is 12.3. The minimum atomic E-state index is -0.776. The van der Waals surface area contributed by atoms with Gasteiger partial charge in [0.2, 0.25) is 0 Å². The Morgan fingerprint density at radius 3 is 2.76 bits per heavy atom. The molecule has 1 atom stereocenters. The molecule has 0 spiro atoms. The number of hydrogen-bond donors (Lipinski definition) is 1. The second kappa shape index (κ2) is 6.46. The van der Waals surface area contributed by atoms with E-state index in [0.29, 0.717) is 17.0 Å². The lowest BCUT2D eigenvalue weighted by Gasteiger charge is -2.15. The van der Waals surface area contributed by atoms with Gasteiger partial charge in [-0.3, -0.25) is 4.79 Å². The first-order chi connectivity index (χ1) is 10.1. The van der Waals surface area contributed by atoms with Crippen molar-refractivity contribution in [3.63, 3.8) is 0 Å². The molecule has 0 aliphatic heterocycles. The summed E-state index contributed by atoms with van der Waals surface area (Å²) < 4.78 is 7.73. The number of halogens is 1. The third kappa shape index (κ3) is 3.26. The Kier molecular flexibility index (Phi) is 4.66. The van der Waals surface area contributed by atoms with Crippen LogP contribution >= 0.6 is 15.9 Å². The first-order valence-corrected chi connectivity index (χ1v) is 7.01. The average molecular weight is 348 g/mol. The molecule has 1 amide bonds. The highest BCUT2D eigenvalue weighted by Gasteiger charge is 2.20. The number of ether oxygens (including phenoxy) is 1. The number of hydrogen-bond acceptors (Lipinski definition) is 3. The number of carbonyl (C=O) groups is 1. The second-order valence-corrected chi connectivity index (χ2v) is 5.35. The van der Waals surface area contributed by atoms with E-state index in [0.717, 1.165) is 4.47 Å². The molecule has 5 nitrogen and oxygen atoms in total. The number of aryl methyl sites for hydroxylation is 1. The minimum absolute atomic E-state index is 0.319. The number of nitrogens with zero attached hydrogens (tertiary/aromatic N) is 2. The topological polar surface area (TPSA) is 67.0 Å². The van der Waals surface area contributed by atoms with E-state index in [1.165, 1.54) is 7.11 Å². The van der Waals surface area contributed by atoms with Crippen LogP contribution in [0.3, 0.4) is 0 Å². The fourth-order valence-corrected chi connectivity index (χ4v) is 2.56. The van der Waals surface area contributed by atoms with Crippen LogP contribution in [0.15, 0.2) is 41.0 Å². The van der Waals surface area contributed by atoms with E-state index in [2.05, 4.69) is 27.3 Å². The zero-order valence-corrected chi connectivity index (χ0v) is 13.2. The van der Waals surface area contributed by atoms with Crippen LogP contribution in [0.5, 0.6) is 5.75 Å². The van der Waals surface area contributed by atoms with Crippen molar-refractivity contribution >= 4 is 21.8 Å². The van der Waals surface area contributed by atoms with Crippen molar-refractivity contribution in [2.24, 2.45) is 7.05 Å². The van der Waals surface area contributed by atoms with E-state index in [4.69, 9.17) is 4.74 Å². The number of rotatable bonds is 4. The Labute approximate surface area is 131 Å². The zero-order valence-electron chi connectivity index (χ0n) is 11.6. The number of nitrogens with one attached hydrogen (secondary N) is 1. The molecule has 0 saturated heterocycles. The SMILES string of the molecule is COc1ccccc1C(C#N)NC(=O)c1cc(Br)cn1C. The lowest BCUT2D eigenvalue weighted by Crippen LogP contribution is -2.29. The second-order valence-electron chi connectivity index (χ2n) is 4.43. The van der Waals surface area contributed by atoms with Crippen molar-refractivity contribution in [3.05, 3.63) is 52.3 Å². The maximum absolute atomic E-state index is 12.3. The summed E-state index contributed by atoms with van der Waals surface area (Å²) in [6.45, 7) is 0. The number of amides is 1. The molecule has 108 valence electrons. The molecule has 0 fully saturated rings. The van der Waals surface area contributed by atoms with Gasteiger partial charge in [-0.25, -0.2) is 0 Å². The van der Waals surface area contributed by atoms with Gasteiger partial charge >= 0.3 is 0 Å². The van der Waals surface area contributed by atoms with E-state index in [-0.39, 0.29) is 5.91 Å². The normalized spacial score (nSPS) is 11.5. The van der Waals surface area contributed by atoms with Crippen molar-refractivity contribution in [2.75, 3.05) is 7.11 Å². The molecule has 0 bridgehead atoms. The van der Waals surface area contributed by atoms with Crippen LogP contribution in [0.1, 0.15) is 22.1 Å². The van der Waals surface area contributed by atoms with Crippen LogP contribution in [0.2, 0.25) is 0 Å². The summed E-state index contributed by atoms with van der Waals surface area (Å²) in [5.41, 5.74) is 1.10. The number of benzene rings is 1. The molecule has 0 aliphatic rings. The molecule has 21 heavy (non-hydrogen) atoms. The van der Waals surface area contributed by atoms with E-state index < -0.39 is 6.04 Å². The number of para-hydroxylation sites is 1. The highest BCUT2D eigenvalue weighted by molar-refractivity contribution is 9.10. The predicted octanol–water partition coefficient (Wildman–Crippen LogP) is 2.79. The Morgan fingerprint density at radius 1 is 1.48 bits per heavy atom. The van der Waals surface area contributed by atoms with Gasteiger partial charge in [0.15, 0.2) is 0 Å². The molecular formula is C15H14BrN3O2. The van der Waals surface area contributed by atoms with Gasteiger partial charge in [-0.2, -0.15) is 5.26 Å². The van der Waals surface area contributed by atoms with E-state index in [1.807, 2.05) is 6.07 Å². The van der Waals surface area contributed by atoms with Crippen molar-refractivity contribution in [1.29, 1.82) is 5.26 Å². The number of aromatic nitrogens is 1. The molecule has 0 aliphatic carbocycles. The molecular weight excluding hydrogens is 334 g/mol. The van der Waals surface area contributed by atoms with Crippen LogP contribution in [-0.4, -0.2) is 17.6 Å². The fraction of sp³-hybridized carbons (Fsp3) is 0.200. The van der Waals surface area contributed by atoms with Crippen molar-refractivity contribution in [1.82, 2.24) is 9.88 Å². The molecule has 2 aromatic rings. The number of carbonyl (C=O) groups excluding carboxylic acids is 1. The lowest BCUT2D eigenvalue weighted by atomic mass is 10.1. The third-order valence-corrected chi connectivity index (χ3v) is 3.49. The van der Waals surface area contributed by atoms with Gasteiger partial charge in [-0.05, 0) is 28.1 Å². The first-order valence-electron chi connectivity index (χ1n) is 6.22. The number of nitriles is 1. The van der Waals surface area contributed by atoms with E-state index >= 15 is 0 Å². The van der Waals surface area contributed by atoms with Crippen molar-refractivity contribution < 1.29 is 9.53 Å². The molecule has 1 aromatic carbocycles. The molecule has 1 unspecified atom stereocenters. The van der Waals surface area contributed by atoms with E-state index in [1.54, 1.807) is 42.1 Å². The van der Waals surface area contributed by atoms with Gasteiger partial charge in [0, 0.05) is 23.3 Å². The van der Waals surface area contributed by atoms with Crippen LogP contribution in [0.25, 0.3) is 0 Å². The first kappa shape index (κ1) is 15.1. The van der Waals surface area contributed by atoms with Gasteiger partial charge in [0.05, 0.1) is 13.2 Å². The molecule has 2 rings (SSSR count). The maximum Gasteiger partial charge on any atom is 0.269 e. The predicted molar refractivity (Wildman–Crippen MR) is 81.9 cm³/mol. The van der Waals surface area contributed by atoms with Crippen LogP contribution in [0, 0.1) is 11.3 Å². The molecule has 0 saturated carbocycles. The van der Waals surface area contributed by atoms with Gasteiger partial charge in [-0.15, -0.1) is 0 Å². The fourth-order valence-electron chi connectivity index (χ4n) is 2.04. The largest absolute Gasteiger partial charge is 0.496 e. The summed E-state index contributed by atoms with van der Waals surface area (Å²) in [6.07, 6.45) is 1.78. The van der Waals surface area contributed by atoms with E-state index in [9.17, 15) is 10.1 Å². The van der Waals surface area contributed by atoms with Crippen molar-refractivity contribution in [2.45, 2.75) is 6.04 Å². The Hall–Kier alpha value is -2.26. The Balaban J connectivity index is 2.26. The summed E-state index contributed by atoms with van der Waals surface area (Å²) in [6, 6.07) is 10.1. The van der Waals surface area contributed by atoms with Gasteiger partial charge < -0.3 is 14.6 Å². The highest BCUT2D eigenvalue weighted by Crippen LogP contribution is 2.24. The van der Waals surface area contributed by atoms with Crippen LogP contribution in [-0.2, 0) is 7.05 Å². The summed E-state index contributed by atoms with van der Waals surface area (Å²) in [5, 5.41) is 12.0. The van der Waals surface area contributed by atoms with Gasteiger partial charge in [-0.1, -0.05) is 18.2 Å². The smallest absolute Gasteiger partial charge is 0.269 e.